The Balaban J connectivity index is 1.89. The number of benzene rings is 3. The number of nitrogens with two attached hydrogens (primary N) is 2. The summed E-state index contributed by atoms with van der Waals surface area (Å²) in [4.78, 5) is 0. The Morgan fingerprint density at radius 2 is 1.41 bits per heavy atom. The van der Waals surface area contributed by atoms with E-state index in [0.717, 1.165) is 28.1 Å². The van der Waals surface area contributed by atoms with Crippen LogP contribution in [0.25, 0.3) is 11.1 Å². The van der Waals surface area contributed by atoms with Gasteiger partial charge in [-0.3, -0.25) is 0 Å². The van der Waals surface area contributed by atoms with E-state index in [-0.39, 0.29) is 0 Å². The number of rotatable bonds is 4. The van der Waals surface area contributed by atoms with Gasteiger partial charge in [0.15, 0.2) is 0 Å². The third kappa shape index (κ3) is 3.20. The Morgan fingerprint density at radius 1 is 0.727 bits per heavy atom. The van der Waals surface area contributed by atoms with Crippen molar-refractivity contribution in [3.8, 4) is 16.9 Å². The summed E-state index contributed by atoms with van der Waals surface area (Å²) < 4.78 is 5.98. The Bertz CT molecular complexity index is 752. The molecule has 0 bridgehead atoms. The maximum Gasteiger partial charge on any atom is 0.127 e. The first-order chi connectivity index (χ1) is 10.7. The average molecular weight is 290 g/mol. The molecule has 3 heteroatoms. The molecule has 0 spiro atoms. The van der Waals surface area contributed by atoms with Crippen LogP contribution in [-0.2, 0) is 6.61 Å². The van der Waals surface area contributed by atoms with Crippen LogP contribution in [0.4, 0.5) is 11.4 Å². The van der Waals surface area contributed by atoms with Crippen molar-refractivity contribution in [3.63, 3.8) is 0 Å². The number of hydrogen-bond donors (Lipinski definition) is 2. The van der Waals surface area contributed by atoms with Crippen LogP contribution in [0, 0.1) is 0 Å². The molecule has 0 aliphatic rings. The highest BCUT2D eigenvalue weighted by Crippen LogP contribution is 2.32. The van der Waals surface area contributed by atoms with Crippen molar-refractivity contribution in [2.75, 3.05) is 11.5 Å². The van der Waals surface area contributed by atoms with E-state index in [1.807, 2.05) is 72.8 Å². The van der Waals surface area contributed by atoms with Gasteiger partial charge < -0.3 is 16.2 Å². The fourth-order valence-corrected chi connectivity index (χ4v) is 2.30. The van der Waals surface area contributed by atoms with Crippen LogP contribution in [0.15, 0.2) is 72.8 Å². The molecule has 0 amide bonds. The molecule has 3 rings (SSSR count). The fourth-order valence-electron chi connectivity index (χ4n) is 2.30. The first-order valence-corrected chi connectivity index (χ1v) is 7.14. The van der Waals surface area contributed by atoms with Gasteiger partial charge in [-0.05, 0) is 41.5 Å². The third-order valence-electron chi connectivity index (χ3n) is 3.46. The summed E-state index contributed by atoms with van der Waals surface area (Å²) in [5, 5.41) is 0. The summed E-state index contributed by atoms with van der Waals surface area (Å²) in [6.07, 6.45) is 0. The van der Waals surface area contributed by atoms with E-state index in [1.54, 1.807) is 0 Å². The summed E-state index contributed by atoms with van der Waals surface area (Å²) in [6, 6.07) is 23.5. The number of nitrogen functional groups attached to an aromatic ring is 2. The summed E-state index contributed by atoms with van der Waals surface area (Å²) in [5.74, 6) is 0.808. The lowest BCUT2D eigenvalue weighted by Crippen LogP contribution is -1.98. The van der Waals surface area contributed by atoms with E-state index >= 15 is 0 Å². The Kier molecular flexibility index (Phi) is 3.97. The molecule has 0 saturated carbocycles. The topological polar surface area (TPSA) is 61.3 Å². The van der Waals surface area contributed by atoms with Gasteiger partial charge in [-0.15, -0.1) is 0 Å². The zero-order chi connectivity index (χ0) is 15.4. The van der Waals surface area contributed by atoms with Crippen LogP contribution in [0.3, 0.4) is 0 Å². The van der Waals surface area contributed by atoms with E-state index < -0.39 is 0 Å². The lowest BCUT2D eigenvalue weighted by atomic mass is 10.0. The van der Waals surface area contributed by atoms with Crippen molar-refractivity contribution in [2.24, 2.45) is 0 Å². The summed E-state index contributed by atoms with van der Waals surface area (Å²) in [6.45, 7) is 0.521. The number of hydrogen-bond acceptors (Lipinski definition) is 3. The number of anilines is 2. The van der Waals surface area contributed by atoms with Gasteiger partial charge in [-0.25, -0.2) is 0 Å². The zero-order valence-corrected chi connectivity index (χ0v) is 12.2. The molecule has 3 aromatic rings. The molecule has 0 aliphatic heterocycles. The lowest BCUT2D eigenvalue weighted by Gasteiger charge is -2.13. The van der Waals surface area contributed by atoms with Crippen LogP contribution in [-0.4, -0.2) is 0 Å². The molecular weight excluding hydrogens is 272 g/mol. The zero-order valence-electron chi connectivity index (χ0n) is 12.2. The average Bonchev–Trinajstić information content (AvgIpc) is 2.55. The molecule has 0 atom stereocenters. The Hall–Kier alpha value is -2.94. The minimum absolute atomic E-state index is 0.521. The highest BCUT2D eigenvalue weighted by molar-refractivity contribution is 5.74. The van der Waals surface area contributed by atoms with Gasteiger partial charge >= 0.3 is 0 Å². The molecule has 0 fully saturated rings. The Morgan fingerprint density at radius 3 is 2.14 bits per heavy atom. The minimum Gasteiger partial charge on any atom is -0.488 e. The lowest BCUT2D eigenvalue weighted by molar-refractivity contribution is 0.307. The second-order valence-electron chi connectivity index (χ2n) is 5.15. The van der Waals surface area contributed by atoms with Crippen LogP contribution in [0.2, 0.25) is 0 Å². The van der Waals surface area contributed by atoms with E-state index in [1.165, 1.54) is 0 Å². The molecular formula is C19H18N2O. The highest BCUT2D eigenvalue weighted by Gasteiger charge is 2.07. The van der Waals surface area contributed by atoms with Crippen LogP contribution in [0.5, 0.6) is 5.75 Å². The van der Waals surface area contributed by atoms with E-state index in [4.69, 9.17) is 16.2 Å². The van der Waals surface area contributed by atoms with Gasteiger partial charge in [-0.1, -0.05) is 42.5 Å². The quantitative estimate of drug-likeness (QED) is 0.711. The standard InChI is InChI=1S/C19H18N2O/c20-16-8-6-15(7-9-16)18-12-17(21)10-11-19(18)22-13-14-4-2-1-3-5-14/h1-12H,13,20-21H2. The normalized spacial score (nSPS) is 10.4. The van der Waals surface area contributed by atoms with Crippen molar-refractivity contribution in [2.45, 2.75) is 6.61 Å². The first kappa shape index (κ1) is 14.0. The summed E-state index contributed by atoms with van der Waals surface area (Å²) in [5.41, 5.74) is 16.2. The maximum absolute atomic E-state index is 5.98. The monoisotopic (exact) mass is 290 g/mol. The van der Waals surface area contributed by atoms with Crippen molar-refractivity contribution >= 4 is 11.4 Å². The minimum atomic E-state index is 0.521. The van der Waals surface area contributed by atoms with Crippen molar-refractivity contribution in [1.29, 1.82) is 0 Å². The molecule has 0 aliphatic carbocycles. The molecule has 3 nitrogen and oxygen atoms in total. The fraction of sp³-hybridized carbons (Fsp3) is 0.0526. The van der Waals surface area contributed by atoms with E-state index in [0.29, 0.717) is 12.3 Å². The van der Waals surface area contributed by atoms with Crippen LogP contribution in [0.1, 0.15) is 5.56 Å². The van der Waals surface area contributed by atoms with Gasteiger partial charge in [0.2, 0.25) is 0 Å². The van der Waals surface area contributed by atoms with E-state index in [9.17, 15) is 0 Å². The predicted molar refractivity (Wildman–Crippen MR) is 91.5 cm³/mol. The highest BCUT2D eigenvalue weighted by atomic mass is 16.5. The maximum atomic E-state index is 5.98. The van der Waals surface area contributed by atoms with E-state index in [2.05, 4.69) is 0 Å². The Labute approximate surface area is 130 Å². The SMILES string of the molecule is Nc1ccc(-c2cc(N)ccc2OCc2ccccc2)cc1. The van der Waals surface area contributed by atoms with Crippen molar-refractivity contribution in [3.05, 3.63) is 78.4 Å². The molecule has 0 heterocycles. The van der Waals surface area contributed by atoms with Gasteiger partial charge in [0.1, 0.15) is 12.4 Å². The molecule has 3 aromatic carbocycles. The van der Waals surface area contributed by atoms with Gasteiger partial charge in [0.25, 0.3) is 0 Å². The van der Waals surface area contributed by atoms with Crippen LogP contribution < -0.4 is 16.2 Å². The molecule has 0 unspecified atom stereocenters. The van der Waals surface area contributed by atoms with Gasteiger partial charge in [0, 0.05) is 16.9 Å². The summed E-state index contributed by atoms with van der Waals surface area (Å²) in [7, 11) is 0. The van der Waals surface area contributed by atoms with Crippen LogP contribution >= 0.6 is 0 Å². The second-order valence-corrected chi connectivity index (χ2v) is 5.15. The molecule has 0 aromatic heterocycles. The smallest absolute Gasteiger partial charge is 0.127 e. The van der Waals surface area contributed by atoms with Crippen molar-refractivity contribution < 1.29 is 4.74 Å². The largest absolute Gasteiger partial charge is 0.488 e. The molecule has 0 radical (unpaired) electrons. The molecule has 110 valence electrons. The predicted octanol–water partition coefficient (Wildman–Crippen LogP) is 4.10. The first-order valence-electron chi connectivity index (χ1n) is 7.14. The third-order valence-corrected chi connectivity index (χ3v) is 3.46. The second kappa shape index (κ2) is 6.22. The van der Waals surface area contributed by atoms with Crippen molar-refractivity contribution in [1.82, 2.24) is 0 Å². The number of ether oxygens (including phenoxy) is 1. The molecule has 22 heavy (non-hydrogen) atoms. The van der Waals surface area contributed by atoms with Gasteiger partial charge in [0.05, 0.1) is 0 Å². The molecule has 0 saturated heterocycles. The summed E-state index contributed by atoms with van der Waals surface area (Å²) >= 11 is 0. The van der Waals surface area contributed by atoms with Gasteiger partial charge in [-0.2, -0.15) is 0 Å². The molecule has 4 N–H and O–H groups in total.